The summed E-state index contributed by atoms with van der Waals surface area (Å²) in [7, 11) is 0. The van der Waals surface area contributed by atoms with Crippen LogP contribution in [0.3, 0.4) is 0 Å². The van der Waals surface area contributed by atoms with Crippen LogP contribution in [0.2, 0.25) is 0 Å². The van der Waals surface area contributed by atoms with E-state index in [0.29, 0.717) is 6.42 Å². The van der Waals surface area contributed by atoms with Crippen LogP contribution in [0.15, 0.2) is 0 Å². The quantitative estimate of drug-likeness (QED) is 0.378. The second kappa shape index (κ2) is 13.0. The van der Waals surface area contributed by atoms with E-state index in [-0.39, 0.29) is 6.61 Å². The van der Waals surface area contributed by atoms with Gasteiger partial charge in [-0.25, -0.2) is 0 Å². The lowest BCUT2D eigenvalue weighted by Crippen LogP contribution is -2.59. The minimum absolute atomic E-state index is 0.0825. The van der Waals surface area contributed by atoms with E-state index in [2.05, 4.69) is 6.92 Å². The van der Waals surface area contributed by atoms with Crippen molar-refractivity contribution in [2.45, 2.75) is 102 Å². The van der Waals surface area contributed by atoms with Gasteiger partial charge in [0.2, 0.25) is 0 Å². The third-order valence-corrected chi connectivity index (χ3v) is 4.49. The molecule has 0 aliphatic carbocycles. The van der Waals surface area contributed by atoms with E-state index < -0.39 is 43.7 Å². The van der Waals surface area contributed by atoms with Crippen molar-refractivity contribution in [1.82, 2.24) is 0 Å². The average molecular weight is 349 g/mol. The Bertz CT molecular complexity index is 331. The second-order valence-electron chi connectivity index (χ2n) is 6.58. The first-order chi connectivity index (χ1) is 12.0. The molecule has 1 aliphatic heterocycles. The summed E-state index contributed by atoms with van der Waals surface area (Å²) >= 11 is 0. The second-order valence-corrected chi connectivity index (χ2v) is 6.58. The van der Waals surface area contributed by atoms with Crippen LogP contribution in [-0.4, -0.2) is 64.3 Å². The first kappa shape index (κ1) is 20.1. The monoisotopic (exact) mass is 349 g/mol. The van der Waals surface area contributed by atoms with Gasteiger partial charge in [0, 0.05) is 7.98 Å². The average Bonchev–Trinajstić information content (AvgIpc) is 2.61. The molecule has 0 saturated carbocycles. The summed E-state index contributed by atoms with van der Waals surface area (Å²) in [6, 6.07) is 0. The maximum absolute atomic E-state index is 9.87. The van der Waals surface area contributed by atoms with Gasteiger partial charge in [-0.3, -0.25) is 0 Å². The van der Waals surface area contributed by atoms with Gasteiger partial charge in [-0.2, -0.15) is 0 Å². The fraction of sp³-hybridized carbons (Fsp3) is 1.00. The topological polar surface area (TPSA) is 99.4 Å². The normalized spacial score (nSPS) is 32.5. The molecular weight excluding hydrogens is 312 g/mol. The van der Waals surface area contributed by atoms with Gasteiger partial charge in [-0.15, -0.1) is 0 Å². The van der Waals surface area contributed by atoms with Crippen molar-refractivity contribution in [3.63, 3.8) is 0 Å². The van der Waals surface area contributed by atoms with Crippen molar-refractivity contribution in [3.8, 4) is 0 Å². The molecule has 0 amide bonds. The Morgan fingerprint density at radius 1 is 0.875 bits per heavy atom. The van der Waals surface area contributed by atoms with Crippen molar-refractivity contribution in [2.24, 2.45) is 0 Å². The Morgan fingerprint density at radius 2 is 1.46 bits per heavy atom. The zero-order chi connectivity index (χ0) is 18.7. The van der Waals surface area contributed by atoms with Crippen LogP contribution in [0.5, 0.6) is 0 Å². The summed E-state index contributed by atoms with van der Waals surface area (Å²) in [6.07, 6.45) is 3.67. The summed E-state index contributed by atoms with van der Waals surface area (Å²) in [5, 5.41) is 38.4. The van der Waals surface area contributed by atoms with Crippen molar-refractivity contribution >= 4 is 0 Å². The van der Waals surface area contributed by atoms with Crippen LogP contribution >= 0.6 is 0 Å². The summed E-state index contributed by atoms with van der Waals surface area (Å²) in [5.74, 6) is 0. The zero-order valence-corrected chi connectivity index (χ0v) is 14.8. The molecule has 0 aromatic carbocycles. The summed E-state index contributed by atoms with van der Waals surface area (Å²) in [5.41, 5.74) is 0. The lowest BCUT2D eigenvalue weighted by atomic mass is 9.99. The lowest BCUT2D eigenvalue weighted by molar-refractivity contribution is -0.301. The van der Waals surface area contributed by atoms with Gasteiger partial charge < -0.3 is 29.9 Å². The number of unbranched alkanes of at least 4 members (excludes halogenated alkanes) is 7. The molecule has 6 nitrogen and oxygen atoms in total. The third kappa shape index (κ3) is 7.76. The predicted octanol–water partition coefficient (Wildman–Crippen LogP) is 1.72. The number of hydrogen-bond donors (Lipinski definition) is 4. The van der Waals surface area contributed by atoms with Crippen LogP contribution in [0.1, 0.15) is 72.5 Å². The molecule has 1 saturated heterocycles. The molecule has 0 aromatic heterocycles. The number of ether oxygens (including phenoxy) is 2. The molecule has 4 N–H and O–H groups in total. The Kier molecular flexibility index (Phi) is 10.9. The molecule has 1 fully saturated rings. The molecule has 24 heavy (non-hydrogen) atoms. The van der Waals surface area contributed by atoms with Crippen LogP contribution in [0.25, 0.3) is 0 Å². The van der Waals surface area contributed by atoms with Crippen molar-refractivity contribution in [3.05, 3.63) is 0 Å². The largest absolute Gasteiger partial charge is 0.394 e. The summed E-state index contributed by atoms with van der Waals surface area (Å²) in [6.45, 7) is 1.81. The highest BCUT2D eigenvalue weighted by molar-refractivity contribution is 4.88. The van der Waals surface area contributed by atoms with Crippen LogP contribution in [0, 0.1) is 0 Å². The molecule has 0 radical (unpaired) electrons. The first-order valence-corrected chi connectivity index (χ1v) is 9.35. The lowest BCUT2D eigenvalue weighted by Gasteiger charge is -2.39. The van der Waals surface area contributed by atoms with Gasteiger partial charge in [0.15, 0.2) is 6.29 Å². The molecule has 0 bridgehead atoms. The van der Waals surface area contributed by atoms with E-state index in [4.69, 9.17) is 16.0 Å². The minimum atomic E-state index is -1.44. The Balaban J connectivity index is 2.13. The first-order valence-electron chi connectivity index (χ1n) is 9.93. The fourth-order valence-electron chi connectivity index (χ4n) is 2.87. The molecular formula is C18H36O6. The highest BCUT2D eigenvalue weighted by Gasteiger charge is 2.43. The van der Waals surface area contributed by atoms with Crippen molar-refractivity contribution in [2.75, 3.05) is 13.2 Å². The highest BCUT2D eigenvalue weighted by atomic mass is 16.7. The Morgan fingerprint density at radius 3 is 2.04 bits per heavy atom. The van der Waals surface area contributed by atoms with Gasteiger partial charge in [-0.05, 0) is 6.40 Å². The molecule has 6 atom stereocenters. The number of rotatable bonds is 13. The maximum Gasteiger partial charge on any atom is 0.186 e. The van der Waals surface area contributed by atoms with E-state index in [0.717, 1.165) is 12.8 Å². The molecule has 1 rings (SSSR count). The van der Waals surface area contributed by atoms with E-state index in [1.165, 1.54) is 38.5 Å². The minimum Gasteiger partial charge on any atom is -0.394 e. The van der Waals surface area contributed by atoms with Crippen LogP contribution in [-0.2, 0) is 9.47 Å². The van der Waals surface area contributed by atoms with Gasteiger partial charge >= 0.3 is 0 Å². The maximum atomic E-state index is 9.87. The van der Waals surface area contributed by atoms with Crippen LogP contribution < -0.4 is 0 Å². The zero-order valence-electron chi connectivity index (χ0n) is 15.8. The van der Waals surface area contributed by atoms with Crippen molar-refractivity contribution < 1.29 is 31.3 Å². The number of aliphatic hydroxyl groups excluding tert-OH is 4. The van der Waals surface area contributed by atoms with Crippen LogP contribution in [0.4, 0.5) is 0 Å². The number of aliphatic hydroxyl groups is 4. The van der Waals surface area contributed by atoms with E-state index >= 15 is 0 Å². The third-order valence-electron chi connectivity index (χ3n) is 4.49. The van der Waals surface area contributed by atoms with Gasteiger partial charge in [0.05, 0.1) is 6.61 Å². The standard InChI is InChI=1S/C18H36O6/c1-2-3-4-5-6-7-8-9-10-11-12-23-18-17(22)16(21)15(20)14(13-19)24-18/h14-22H,2-13H2,1H3/t14-,15-,16+,17-,18?/m1/s1/i11D/t11?,14-,15-,16+,17-,18?. The van der Waals surface area contributed by atoms with E-state index in [1.54, 1.807) is 0 Å². The smallest absolute Gasteiger partial charge is 0.186 e. The molecule has 0 aromatic rings. The molecule has 1 heterocycles. The summed E-state index contributed by atoms with van der Waals surface area (Å²) in [4.78, 5) is 0. The van der Waals surface area contributed by atoms with Crippen molar-refractivity contribution in [1.29, 1.82) is 0 Å². The molecule has 1 aliphatic rings. The van der Waals surface area contributed by atoms with Gasteiger partial charge in [0.25, 0.3) is 0 Å². The Hall–Kier alpha value is -0.240. The molecule has 6 heteroatoms. The van der Waals surface area contributed by atoms with Gasteiger partial charge in [-0.1, -0.05) is 64.7 Å². The Labute approximate surface area is 147 Å². The summed E-state index contributed by atoms with van der Waals surface area (Å²) < 4.78 is 18.6. The predicted molar refractivity (Wildman–Crippen MR) is 91.6 cm³/mol. The SMILES string of the molecule is [2H]C(CCCCCCCCCC)COC1O[C@H](CO)[C@@H](O)[C@H](O)[C@H]1O. The van der Waals surface area contributed by atoms with E-state index in [1.807, 2.05) is 0 Å². The highest BCUT2D eigenvalue weighted by Crippen LogP contribution is 2.22. The fourth-order valence-corrected chi connectivity index (χ4v) is 2.87. The van der Waals surface area contributed by atoms with E-state index in [9.17, 15) is 15.3 Å². The molecule has 144 valence electrons. The molecule has 2 unspecified atom stereocenters. The van der Waals surface area contributed by atoms with Gasteiger partial charge in [0.1, 0.15) is 24.4 Å². The molecule has 0 spiro atoms. The number of hydrogen-bond acceptors (Lipinski definition) is 6.